The summed E-state index contributed by atoms with van der Waals surface area (Å²) in [6, 6.07) is 4.47. The van der Waals surface area contributed by atoms with Gasteiger partial charge < -0.3 is 15.5 Å². The molecule has 122 valence electrons. The summed E-state index contributed by atoms with van der Waals surface area (Å²) in [5.41, 5.74) is 0.250. The summed E-state index contributed by atoms with van der Waals surface area (Å²) in [6.45, 7) is 3.54. The predicted molar refractivity (Wildman–Crippen MR) is 86.6 cm³/mol. The van der Waals surface area contributed by atoms with Crippen molar-refractivity contribution in [2.75, 3.05) is 6.61 Å². The van der Waals surface area contributed by atoms with Crippen LogP contribution >= 0.6 is 11.3 Å². The smallest absolute Gasteiger partial charge is 0.336 e. The van der Waals surface area contributed by atoms with E-state index in [-0.39, 0.29) is 18.1 Å². The maximum absolute atomic E-state index is 12.4. The van der Waals surface area contributed by atoms with Crippen LogP contribution in [-0.2, 0) is 0 Å². The van der Waals surface area contributed by atoms with Crippen LogP contribution in [0.15, 0.2) is 36.0 Å². The fraction of sp³-hybridized carbons (Fsp3) is 0.312. The Labute approximate surface area is 137 Å². The van der Waals surface area contributed by atoms with Crippen molar-refractivity contribution in [1.29, 1.82) is 0 Å². The molecule has 0 aliphatic heterocycles. The number of nitrogens with zero attached hydrogens (tertiary/aromatic N) is 1. The first-order chi connectivity index (χ1) is 10.8. The van der Waals surface area contributed by atoms with Gasteiger partial charge in [-0.15, -0.1) is 11.3 Å². The number of aromatic carboxylic acids is 1. The Balaban J connectivity index is 2.27. The molecule has 3 N–H and O–H groups in total. The Bertz CT molecular complexity index is 697. The molecule has 23 heavy (non-hydrogen) atoms. The maximum atomic E-state index is 12.4. The number of amides is 1. The number of carboxylic acids is 1. The van der Waals surface area contributed by atoms with Gasteiger partial charge in [-0.3, -0.25) is 9.78 Å². The predicted octanol–water partition coefficient (Wildman–Crippen LogP) is 2.33. The molecule has 1 atom stereocenters. The number of aromatic nitrogens is 1. The molecule has 0 aliphatic rings. The highest BCUT2D eigenvalue weighted by Gasteiger charge is 2.32. The molecule has 0 bridgehead atoms. The monoisotopic (exact) mass is 334 g/mol. The summed E-state index contributed by atoms with van der Waals surface area (Å²) < 4.78 is 0. The molecule has 2 aromatic rings. The number of aliphatic hydroxyl groups excluding tert-OH is 1. The third-order valence-corrected chi connectivity index (χ3v) is 4.48. The van der Waals surface area contributed by atoms with E-state index < -0.39 is 17.4 Å². The van der Waals surface area contributed by atoms with Gasteiger partial charge in [-0.25, -0.2) is 4.79 Å². The van der Waals surface area contributed by atoms with Crippen LogP contribution in [-0.4, -0.2) is 33.7 Å². The molecular formula is C16H18N2O4S. The molecule has 6 nitrogen and oxygen atoms in total. The summed E-state index contributed by atoms with van der Waals surface area (Å²) >= 11 is 1.07. The lowest BCUT2D eigenvalue weighted by Crippen LogP contribution is -2.39. The lowest BCUT2D eigenvalue weighted by Gasteiger charge is -2.33. The lowest BCUT2D eigenvalue weighted by molar-refractivity contribution is 0.0697. The van der Waals surface area contributed by atoms with E-state index in [0.29, 0.717) is 4.88 Å². The van der Waals surface area contributed by atoms with E-state index in [1.807, 2.05) is 19.9 Å². The van der Waals surface area contributed by atoms with Crippen LogP contribution in [0.2, 0.25) is 0 Å². The minimum atomic E-state index is -1.07. The average molecular weight is 334 g/mol. The van der Waals surface area contributed by atoms with Gasteiger partial charge in [0.1, 0.15) is 0 Å². The number of hydrogen-bond donors (Lipinski definition) is 3. The molecule has 0 saturated heterocycles. The van der Waals surface area contributed by atoms with E-state index in [0.717, 1.165) is 16.9 Å². The van der Waals surface area contributed by atoms with Crippen molar-refractivity contribution >= 4 is 23.2 Å². The summed E-state index contributed by atoms with van der Waals surface area (Å²) in [4.78, 5) is 27.7. The van der Waals surface area contributed by atoms with E-state index in [2.05, 4.69) is 10.3 Å². The maximum Gasteiger partial charge on any atom is 0.336 e. The molecule has 1 unspecified atom stereocenters. The molecule has 0 saturated carbocycles. The molecule has 1 amide bonds. The number of thiophene rings is 1. The third kappa shape index (κ3) is 3.94. The highest BCUT2D eigenvalue weighted by atomic mass is 32.1. The van der Waals surface area contributed by atoms with Gasteiger partial charge in [0, 0.05) is 23.2 Å². The molecule has 0 aliphatic carbocycles. The second-order valence-electron chi connectivity index (χ2n) is 5.84. The first kappa shape index (κ1) is 17.1. The van der Waals surface area contributed by atoms with Crippen LogP contribution in [0.25, 0.3) is 0 Å². The second-order valence-corrected chi connectivity index (χ2v) is 6.76. The van der Waals surface area contributed by atoms with Crippen LogP contribution < -0.4 is 5.32 Å². The van der Waals surface area contributed by atoms with E-state index in [9.17, 15) is 14.7 Å². The summed E-state index contributed by atoms with van der Waals surface area (Å²) in [5, 5.41) is 22.9. The molecule has 7 heteroatoms. The van der Waals surface area contributed by atoms with Crippen molar-refractivity contribution in [1.82, 2.24) is 10.3 Å². The first-order valence-electron chi connectivity index (χ1n) is 6.98. The van der Waals surface area contributed by atoms with Gasteiger partial charge >= 0.3 is 5.97 Å². The van der Waals surface area contributed by atoms with Gasteiger partial charge in [-0.1, -0.05) is 19.9 Å². The minimum absolute atomic E-state index is 0.0829. The number of aliphatic hydroxyl groups is 1. The largest absolute Gasteiger partial charge is 0.478 e. The van der Waals surface area contributed by atoms with E-state index in [1.165, 1.54) is 11.4 Å². The Morgan fingerprint density at radius 2 is 2.17 bits per heavy atom. The van der Waals surface area contributed by atoms with E-state index >= 15 is 0 Å². The number of carbonyl (C=O) groups excluding carboxylic acids is 1. The molecule has 0 radical (unpaired) electrons. The van der Waals surface area contributed by atoms with Crippen molar-refractivity contribution in [3.8, 4) is 0 Å². The minimum Gasteiger partial charge on any atom is -0.478 e. The van der Waals surface area contributed by atoms with Crippen LogP contribution in [0.5, 0.6) is 0 Å². The van der Waals surface area contributed by atoms with Crippen molar-refractivity contribution in [2.24, 2.45) is 5.41 Å². The van der Waals surface area contributed by atoms with Gasteiger partial charge in [0.15, 0.2) is 0 Å². The Morgan fingerprint density at radius 3 is 2.70 bits per heavy atom. The fourth-order valence-electron chi connectivity index (χ4n) is 2.14. The summed E-state index contributed by atoms with van der Waals surface area (Å²) in [7, 11) is 0. The zero-order valence-corrected chi connectivity index (χ0v) is 13.6. The third-order valence-electron chi connectivity index (χ3n) is 3.55. The molecule has 2 heterocycles. The van der Waals surface area contributed by atoms with Crippen molar-refractivity contribution in [3.63, 3.8) is 0 Å². The average Bonchev–Trinajstić information content (AvgIpc) is 3.03. The Kier molecular flexibility index (Phi) is 5.12. The molecular weight excluding hydrogens is 316 g/mol. The number of pyridine rings is 1. The van der Waals surface area contributed by atoms with Gasteiger partial charge in [-0.05, 0) is 17.7 Å². The SMILES string of the molecule is CC(C)(CO)C(NC(=O)c1cc(C(=O)O)cs1)c1cccnc1. The van der Waals surface area contributed by atoms with E-state index in [4.69, 9.17) is 5.11 Å². The lowest BCUT2D eigenvalue weighted by atomic mass is 9.81. The number of hydrogen-bond acceptors (Lipinski definition) is 5. The summed E-state index contributed by atoms with van der Waals surface area (Å²) in [6.07, 6.45) is 3.27. The van der Waals surface area contributed by atoms with Crippen molar-refractivity contribution in [3.05, 3.63) is 52.0 Å². The zero-order valence-electron chi connectivity index (χ0n) is 12.8. The van der Waals surface area contributed by atoms with Crippen LogP contribution in [0, 0.1) is 5.41 Å². The molecule has 0 aromatic carbocycles. The van der Waals surface area contributed by atoms with Crippen LogP contribution in [0.1, 0.15) is 45.5 Å². The van der Waals surface area contributed by atoms with Gasteiger partial charge in [-0.2, -0.15) is 0 Å². The number of rotatable bonds is 6. The highest BCUT2D eigenvalue weighted by molar-refractivity contribution is 7.12. The molecule has 0 fully saturated rings. The summed E-state index contributed by atoms with van der Waals surface area (Å²) in [5.74, 6) is -1.45. The van der Waals surface area contributed by atoms with Gasteiger partial charge in [0.05, 0.1) is 23.1 Å². The number of carbonyl (C=O) groups is 2. The molecule has 2 aromatic heterocycles. The zero-order chi connectivity index (χ0) is 17.0. The number of nitrogens with one attached hydrogen (secondary N) is 1. The van der Waals surface area contributed by atoms with Crippen LogP contribution in [0.4, 0.5) is 0 Å². The van der Waals surface area contributed by atoms with Gasteiger partial charge in [0.2, 0.25) is 0 Å². The molecule has 2 rings (SSSR count). The van der Waals surface area contributed by atoms with Crippen LogP contribution in [0.3, 0.4) is 0 Å². The van der Waals surface area contributed by atoms with Crippen molar-refractivity contribution < 1.29 is 19.8 Å². The Morgan fingerprint density at radius 1 is 1.43 bits per heavy atom. The molecule has 0 spiro atoms. The van der Waals surface area contributed by atoms with Crippen molar-refractivity contribution in [2.45, 2.75) is 19.9 Å². The highest BCUT2D eigenvalue weighted by Crippen LogP contribution is 2.33. The topological polar surface area (TPSA) is 99.5 Å². The quantitative estimate of drug-likeness (QED) is 0.753. The normalized spacial score (nSPS) is 12.7. The second kappa shape index (κ2) is 6.89. The fourth-order valence-corrected chi connectivity index (χ4v) is 2.92. The van der Waals surface area contributed by atoms with Gasteiger partial charge in [0.25, 0.3) is 5.91 Å². The Hall–Kier alpha value is -2.25. The standard InChI is InChI=1S/C16H18N2O4S/c1-16(2,9-19)13(10-4-3-5-17-7-10)18-14(20)12-6-11(8-23-12)15(21)22/h3-8,13,19H,9H2,1-2H3,(H,18,20)(H,21,22). The number of carboxylic acid groups (broad SMARTS) is 1. The first-order valence-corrected chi connectivity index (χ1v) is 7.86. The van der Waals surface area contributed by atoms with E-state index in [1.54, 1.807) is 18.5 Å².